The third-order valence-electron chi connectivity index (χ3n) is 6.20. The number of halogens is 1. The standard InChI is InChI=1S/C28H32BrN3O5/c1-34-19-36-24-16-25(37-20-35-2)28(29)23(27(24)22-8-4-3-5-9-22)15-26(33)32-13-11-31(12-14-32)18-21-7-6-10-30-17-21/h3-10,16-17H,11-15,18-20H2,1-2H3. The van der Waals surface area contributed by atoms with Crippen LogP contribution >= 0.6 is 15.9 Å². The van der Waals surface area contributed by atoms with Gasteiger partial charge in [-0.05, 0) is 38.7 Å². The molecule has 37 heavy (non-hydrogen) atoms. The van der Waals surface area contributed by atoms with Gasteiger partial charge in [-0.25, -0.2) is 0 Å². The van der Waals surface area contributed by atoms with Crippen LogP contribution in [0.1, 0.15) is 11.1 Å². The minimum absolute atomic E-state index is 0.0560. The molecule has 196 valence electrons. The van der Waals surface area contributed by atoms with E-state index in [-0.39, 0.29) is 25.9 Å². The number of ether oxygens (including phenoxy) is 4. The number of amides is 1. The second-order valence-electron chi connectivity index (χ2n) is 8.70. The van der Waals surface area contributed by atoms with E-state index in [4.69, 9.17) is 18.9 Å². The van der Waals surface area contributed by atoms with Gasteiger partial charge in [0.2, 0.25) is 5.91 Å². The Morgan fingerprint density at radius 1 is 0.946 bits per heavy atom. The van der Waals surface area contributed by atoms with Crippen molar-refractivity contribution in [2.75, 3.05) is 54.0 Å². The maximum absolute atomic E-state index is 13.6. The largest absolute Gasteiger partial charge is 0.467 e. The molecule has 4 rings (SSSR count). The van der Waals surface area contributed by atoms with Crippen LogP contribution in [0, 0.1) is 0 Å². The summed E-state index contributed by atoms with van der Waals surface area (Å²) < 4.78 is 22.8. The smallest absolute Gasteiger partial charge is 0.227 e. The van der Waals surface area contributed by atoms with Crippen molar-refractivity contribution in [1.82, 2.24) is 14.8 Å². The summed E-state index contributed by atoms with van der Waals surface area (Å²) in [5.41, 5.74) is 3.75. The van der Waals surface area contributed by atoms with Crippen LogP contribution in [-0.4, -0.2) is 74.7 Å². The molecule has 0 saturated carbocycles. The molecule has 0 bridgehead atoms. The van der Waals surface area contributed by atoms with Crippen LogP contribution in [0.5, 0.6) is 11.5 Å². The zero-order valence-electron chi connectivity index (χ0n) is 21.2. The van der Waals surface area contributed by atoms with Crippen LogP contribution in [0.25, 0.3) is 11.1 Å². The number of rotatable bonds is 11. The van der Waals surface area contributed by atoms with E-state index in [0.717, 1.165) is 36.3 Å². The first kappa shape index (κ1) is 27.1. The SMILES string of the molecule is COCOc1cc(OCOC)c(-c2ccccc2)c(CC(=O)N2CCN(Cc3cccnc3)CC2)c1Br. The summed E-state index contributed by atoms with van der Waals surface area (Å²) in [6.45, 7) is 3.93. The highest BCUT2D eigenvalue weighted by Crippen LogP contribution is 2.44. The first-order valence-corrected chi connectivity index (χ1v) is 12.9. The average Bonchev–Trinajstić information content (AvgIpc) is 2.94. The lowest BCUT2D eigenvalue weighted by atomic mass is 9.95. The van der Waals surface area contributed by atoms with Crippen LogP contribution < -0.4 is 9.47 Å². The highest BCUT2D eigenvalue weighted by molar-refractivity contribution is 9.10. The molecule has 9 heteroatoms. The summed E-state index contributed by atoms with van der Waals surface area (Å²) in [5.74, 6) is 1.17. The fourth-order valence-corrected chi connectivity index (χ4v) is 4.95. The van der Waals surface area contributed by atoms with Gasteiger partial charge in [-0.2, -0.15) is 0 Å². The number of carbonyl (C=O) groups excluding carboxylic acids is 1. The number of carbonyl (C=O) groups is 1. The summed E-state index contributed by atoms with van der Waals surface area (Å²) in [4.78, 5) is 22.0. The number of methoxy groups -OCH3 is 2. The lowest BCUT2D eigenvalue weighted by molar-refractivity contribution is -0.132. The molecular formula is C28H32BrN3O5. The Bertz CT molecular complexity index is 1160. The molecule has 0 aliphatic carbocycles. The Morgan fingerprint density at radius 2 is 1.65 bits per heavy atom. The number of nitrogens with zero attached hydrogens (tertiary/aromatic N) is 3. The van der Waals surface area contributed by atoms with E-state index in [2.05, 4.69) is 31.9 Å². The van der Waals surface area contributed by atoms with Crippen molar-refractivity contribution < 1.29 is 23.7 Å². The zero-order chi connectivity index (χ0) is 26.0. The van der Waals surface area contributed by atoms with E-state index < -0.39 is 0 Å². The monoisotopic (exact) mass is 569 g/mol. The molecule has 1 amide bonds. The zero-order valence-corrected chi connectivity index (χ0v) is 22.8. The van der Waals surface area contributed by atoms with E-state index in [1.807, 2.05) is 47.5 Å². The minimum Gasteiger partial charge on any atom is -0.467 e. The predicted molar refractivity (Wildman–Crippen MR) is 144 cm³/mol. The molecule has 8 nitrogen and oxygen atoms in total. The second-order valence-corrected chi connectivity index (χ2v) is 9.50. The summed E-state index contributed by atoms with van der Waals surface area (Å²) in [7, 11) is 3.13. The molecule has 2 aromatic carbocycles. The van der Waals surface area contributed by atoms with Crippen molar-refractivity contribution in [3.63, 3.8) is 0 Å². The topological polar surface area (TPSA) is 73.4 Å². The van der Waals surface area contributed by atoms with Crippen LogP contribution in [0.2, 0.25) is 0 Å². The molecule has 2 heterocycles. The van der Waals surface area contributed by atoms with Gasteiger partial charge >= 0.3 is 0 Å². The van der Waals surface area contributed by atoms with Gasteiger partial charge in [-0.3, -0.25) is 14.7 Å². The van der Waals surface area contributed by atoms with Gasteiger partial charge < -0.3 is 23.8 Å². The summed E-state index contributed by atoms with van der Waals surface area (Å²) in [5, 5.41) is 0. The highest BCUT2D eigenvalue weighted by atomic mass is 79.9. The summed E-state index contributed by atoms with van der Waals surface area (Å²) >= 11 is 3.71. The van der Waals surface area contributed by atoms with E-state index >= 15 is 0 Å². The van der Waals surface area contributed by atoms with E-state index in [1.165, 1.54) is 5.56 Å². The molecule has 1 aromatic heterocycles. The molecular weight excluding hydrogens is 538 g/mol. The van der Waals surface area contributed by atoms with Crippen LogP contribution in [-0.2, 0) is 27.2 Å². The first-order chi connectivity index (χ1) is 18.1. The second kappa shape index (κ2) is 13.5. The molecule has 3 aromatic rings. The third kappa shape index (κ3) is 7.07. The Balaban J connectivity index is 1.57. The van der Waals surface area contributed by atoms with Crippen LogP contribution in [0.15, 0.2) is 65.4 Å². The number of hydrogen-bond acceptors (Lipinski definition) is 7. The van der Waals surface area contributed by atoms with Crippen molar-refractivity contribution in [3.8, 4) is 22.6 Å². The quantitative estimate of drug-likeness (QED) is 0.317. The van der Waals surface area contributed by atoms with Gasteiger partial charge in [0.15, 0.2) is 13.6 Å². The van der Waals surface area contributed by atoms with Gasteiger partial charge in [0.1, 0.15) is 11.5 Å². The Hall–Kier alpha value is -2.98. The lowest BCUT2D eigenvalue weighted by Crippen LogP contribution is -2.48. The summed E-state index contributed by atoms with van der Waals surface area (Å²) in [6.07, 6.45) is 3.87. The van der Waals surface area contributed by atoms with Gasteiger partial charge in [0.25, 0.3) is 0 Å². The Labute approximate surface area is 226 Å². The van der Waals surface area contributed by atoms with Crippen LogP contribution in [0.3, 0.4) is 0 Å². The maximum Gasteiger partial charge on any atom is 0.227 e. The van der Waals surface area contributed by atoms with Crippen LogP contribution in [0.4, 0.5) is 0 Å². The van der Waals surface area contributed by atoms with E-state index in [9.17, 15) is 4.79 Å². The van der Waals surface area contributed by atoms with Gasteiger partial charge in [-0.15, -0.1) is 0 Å². The fourth-order valence-electron chi connectivity index (χ4n) is 4.38. The maximum atomic E-state index is 13.6. The first-order valence-electron chi connectivity index (χ1n) is 12.1. The van der Waals surface area contributed by atoms with Crippen molar-refractivity contribution in [2.45, 2.75) is 13.0 Å². The highest BCUT2D eigenvalue weighted by Gasteiger charge is 2.26. The molecule has 1 aliphatic rings. The van der Waals surface area contributed by atoms with Gasteiger partial charge in [-0.1, -0.05) is 36.4 Å². The van der Waals surface area contributed by atoms with Crippen molar-refractivity contribution in [1.29, 1.82) is 0 Å². The normalized spacial score (nSPS) is 14.0. The molecule has 0 spiro atoms. The lowest BCUT2D eigenvalue weighted by Gasteiger charge is -2.35. The number of hydrogen-bond donors (Lipinski definition) is 0. The number of pyridine rings is 1. The summed E-state index contributed by atoms with van der Waals surface area (Å²) in [6, 6.07) is 15.7. The van der Waals surface area contributed by atoms with Gasteiger partial charge in [0, 0.05) is 71.0 Å². The van der Waals surface area contributed by atoms with E-state index in [0.29, 0.717) is 29.1 Å². The van der Waals surface area contributed by atoms with Crippen molar-refractivity contribution in [2.24, 2.45) is 0 Å². The molecule has 0 radical (unpaired) electrons. The number of benzene rings is 2. The molecule has 1 fully saturated rings. The molecule has 0 atom stereocenters. The molecule has 1 saturated heterocycles. The Kier molecular flexibility index (Phi) is 9.90. The average molecular weight is 570 g/mol. The molecule has 0 unspecified atom stereocenters. The number of aromatic nitrogens is 1. The minimum atomic E-state index is 0.0560. The predicted octanol–water partition coefficient (Wildman–Crippen LogP) is 4.36. The van der Waals surface area contributed by atoms with Crippen molar-refractivity contribution in [3.05, 3.63) is 76.5 Å². The number of piperazine rings is 1. The fraction of sp³-hybridized carbons (Fsp3) is 0.357. The Morgan fingerprint density at radius 3 is 2.30 bits per heavy atom. The molecule has 1 aliphatic heterocycles. The van der Waals surface area contributed by atoms with Crippen molar-refractivity contribution >= 4 is 21.8 Å². The third-order valence-corrected chi connectivity index (χ3v) is 7.07. The van der Waals surface area contributed by atoms with E-state index in [1.54, 1.807) is 26.5 Å². The van der Waals surface area contributed by atoms with Gasteiger partial charge in [0.05, 0.1) is 10.9 Å². The molecule has 0 N–H and O–H groups in total.